The smallest absolute Gasteiger partial charge is 0.229 e. The Labute approximate surface area is 164 Å². The van der Waals surface area contributed by atoms with E-state index in [0.29, 0.717) is 16.3 Å². The number of hydrogen-bond donors (Lipinski definition) is 1. The van der Waals surface area contributed by atoms with Crippen molar-refractivity contribution in [1.29, 1.82) is 0 Å². The number of fused-ring (bicyclic) bond motifs is 1. The van der Waals surface area contributed by atoms with Gasteiger partial charge in [-0.2, -0.15) is 0 Å². The molecule has 9 heteroatoms. The van der Waals surface area contributed by atoms with E-state index >= 15 is 0 Å². The van der Waals surface area contributed by atoms with Gasteiger partial charge in [0.2, 0.25) is 10.0 Å². The molecule has 3 rings (SSSR count). The number of halogens is 1. The second-order valence-corrected chi connectivity index (χ2v) is 10.5. The fourth-order valence-electron chi connectivity index (χ4n) is 2.29. The Morgan fingerprint density at radius 2 is 1.92 bits per heavy atom. The van der Waals surface area contributed by atoms with Crippen LogP contribution in [0.15, 0.2) is 46.8 Å². The lowest BCUT2D eigenvalue weighted by molar-refractivity contribution is 0.0994. The maximum atomic E-state index is 12.6. The van der Waals surface area contributed by atoms with Gasteiger partial charge in [-0.3, -0.25) is 9.52 Å². The Balaban J connectivity index is 1.72. The Morgan fingerprint density at radius 3 is 2.58 bits per heavy atom. The van der Waals surface area contributed by atoms with Crippen molar-refractivity contribution in [2.45, 2.75) is 16.5 Å². The second kappa shape index (κ2) is 7.56. The first-order valence-corrected chi connectivity index (χ1v) is 11.5. The lowest BCUT2D eigenvalue weighted by Crippen LogP contribution is -2.14. The summed E-state index contributed by atoms with van der Waals surface area (Å²) < 4.78 is 26.7. The van der Waals surface area contributed by atoms with E-state index in [9.17, 15) is 13.2 Å². The summed E-state index contributed by atoms with van der Waals surface area (Å²) in [6, 6.07) is 11.9. The molecule has 0 radical (unpaired) electrons. The van der Waals surface area contributed by atoms with Crippen LogP contribution < -0.4 is 4.72 Å². The molecule has 0 aliphatic carbocycles. The number of ketones is 1. The zero-order chi connectivity index (χ0) is 18.9. The molecular weight excluding hydrogens is 412 g/mol. The minimum Gasteiger partial charge on any atom is -0.293 e. The Bertz CT molecular complexity index is 1060. The second-order valence-electron chi connectivity index (χ2n) is 5.67. The topological polar surface area (TPSA) is 76.1 Å². The molecule has 0 saturated heterocycles. The van der Waals surface area contributed by atoms with Crippen LogP contribution >= 0.6 is 34.7 Å². The van der Waals surface area contributed by atoms with Gasteiger partial charge in [0.15, 0.2) is 10.1 Å². The average molecular weight is 427 g/mol. The first kappa shape index (κ1) is 19.2. The fraction of sp³-hybridized carbons (Fsp3) is 0.176. The van der Waals surface area contributed by atoms with Gasteiger partial charge in [0, 0.05) is 16.3 Å². The van der Waals surface area contributed by atoms with Gasteiger partial charge in [0.1, 0.15) is 0 Å². The number of thioether (sulfide) groups is 1. The van der Waals surface area contributed by atoms with Gasteiger partial charge in [-0.05, 0) is 49.4 Å². The van der Waals surface area contributed by atoms with Gasteiger partial charge < -0.3 is 0 Å². The van der Waals surface area contributed by atoms with E-state index in [4.69, 9.17) is 11.6 Å². The molecule has 0 aliphatic rings. The van der Waals surface area contributed by atoms with Crippen LogP contribution in [0.25, 0.3) is 10.2 Å². The summed E-state index contributed by atoms with van der Waals surface area (Å²) in [6.07, 6.45) is 1.08. The highest BCUT2D eigenvalue weighted by Gasteiger charge is 2.19. The van der Waals surface area contributed by atoms with Crippen LogP contribution in [0.3, 0.4) is 0 Å². The van der Waals surface area contributed by atoms with Gasteiger partial charge in [-0.15, -0.1) is 11.3 Å². The molecule has 0 bridgehead atoms. The van der Waals surface area contributed by atoms with Gasteiger partial charge in [-0.1, -0.05) is 23.4 Å². The maximum absolute atomic E-state index is 12.6. The molecule has 26 heavy (non-hydrogen) atoms. The SMILES string of the molecule is C[C@@H](Sc1nc2cc(Cl)ccc2s1)C(=O)c1ccc(NS(C)(=O)=O)cc1. The molecule has 0 fully saturated rings. The number of sulfonamides is 1. The summed E-state index contributed by atoms with van der Waals surface area (Å²) in [5.41, 5.74) is 1.77. The molecule has 1 N–H and O–H groups in total. The molecule has 0 aliphatic heterocycles. The normalized spacial score (nSPS) is 12.9. The summed E-state index contributed by atoms with van der Waals surface area (Å²) in [5, 5.41) is 0.311. The number of anilines is 1. The summed E-state index contributed by atoms with van der Waals surface area (Å²) >= 11 is 8.89. The summed E-state index contributed by atoms with van der Waals surface area (Å²) in [6.45, 7) is 1.83. The predicted octanol–water partition coefficient (Wildman–Crippen LogP) is 4.68. The summed E-state index contributed by atoms with van der Waals surface area (Å²) in [5.74, 6) is -0.0433. The maximum Gasteiger partial charge on any atom is 0.229 e. The molecule has 3 aromatic rings. The fourth-order valence-corrected chi connectivity index (χ4v) is 5.29. The Kier molecular flexibility index (Phi) is 5.57. The van der Waals surface area contributed by atoms with Gasteiger partial charge in [0.05, 0.1) is 21.7 Å². The molecule has 0 saturated carbocycles. The zero-order valence-corrected chi connectivity index (χ0v) is 17.1. The molecule has 0 amide bonds. The number of aromatic nitrogens is 1. The third-order valence-electron chi connectivity index (χ3n) is 3.45. The number of carbonyl (C=O) groups is 1. The molecule has 1 aromatic heterocycles. The van der Waals surface area contributed by atoms with Crippen LogP contribution in [0.1, 0.15) is 17.3 Å². The van der Waals surface area contributed by atoms with Crippen molar-refractivity contribution in [3.05, 3.63) is 53.1 Å². The average Bonchev–Trinajstić information content (AvgIpc) is 2.94. The zero-order valence-electron chi connectivity index (χ0n) is 13.9. The van der Waals surface area contributed by atoms with E-state index in [1.165, 1.54) is 23.1 Å². The van der Waals surface area contributed by atoms with Crippen molar-refractivity contribution >= 4 is 66.4 Å². The minimum absolute atomic E-state index is 0.0433. The largest absolute Gasteiger partial charge is 0.293 e. The standard InChI is InChI=1S/C17H15ClN2O3S3/c1-10(24-17-19-14-9-12(18)5-8-15(14)25-17)16(21)11-3-6-13(7-4-11)20-26(2,22)23/h3-10,20H,1-2H3/t10-/m1/s1. The molecule has 136 valence electrons. The van der Waals surface area contributed by atoms with E-state index in [-0.39, 0.29) is 11.0 Å². The van der Waals surface area contributed by atoms with E-state index < -0.39 is 10.0 Å². The molecule has 1 atom stereocenters. The number of nitrogens with one attached hydrogen (secondary N) is 1. The highest BCUT2D eigenvalue weighted by atomic mass is 35.5. The minimum atomic E-state index is -3.34. The number of rotatable bonds is 6. The summed E-state index contributed by atoms with van der Waals surface area (Å²) in [4.78, 5) is 17.1. The number of carbonyl (C=O) groups excluding carboxylic acids is 1. The molecule has 0 unspecified atom stereocenters. The van der Waals surface area contributed by atoms with Crippen LogP contribution in [-0.2, 0) is 10.0 Å². The Morgan fingerprint density at radius 1 is 1.23 bits per heavy atom. The number of benzene rings is 2. The van der Waals surface area contributed by atoms with Gasteiger partial charge in [0.25, 0.3) is 0 Å². The van der Waals surface area contributed by atoms with Crippen molar-refractivity contribution in [3.63, 3.8) is 0 Å². The monoisotopic (exact) mass is 426 g/mol. The highest BCUT2D eigenvalue weighted by molar-refractivity contribution is 8.02. The van der Waals surface area contributed by atoms with Crippen molar-refractivity contribution in [2.24, 2.45) is 0 Å². The number of thiazole rings is 1. The first-order valence-electron chi connectivity index (χ1n) is 7.56. The van der Waals surface area contributed by atoms with E-state index in [0.717, 1.165) is 20.8 Å². The lowest BCUT2D eigenvalue weighted by atomic mass is 10.1. The lowest BCUT2D eigenvalue weighted by Gasteiger charge is -2.09. The van der Waals surface area contributed by atoms with Crippen LogP contribution in [0.2, 0.25) is 5.02 Å². The van der Waals surface area contributed by atoms with Crippen molar-refractivity contribution in [1.82, 2.24) is 4.98 Å². The van der Waals surface area contributed by atoms with Gasteiger partial charge >= 0.3 is 0 Å². The first-order chi connectivity index (χ1) is 12.2. The summed E-state index contributed by atoms with van der Waals surface area (Å²) in [7, 11) is -3.34. The quantitative estimate of drug-likeness (QED) is 0.457. The molecule has 2 aromatic carbocycles. The van der Waals surface area contributed by atoms with E-state index in [2.05, 4.69) is 9.71 Å². The predicted molar refractivity (Wildman–Crippen MR) is 109 cm³/mol. The molecule has 5 nitrogen and oxygen atoms in total. The number of nitrogens with zero attached hydrogens (tertiary/aromatic N) is 1. The highest BCUT2D eigenvalue weighted by Crippen LogP contribution is 2.34. The van der Waals surface area contributed by atoms with Crippen LogP contribution in [0.4, 0.5) is 5.69 Å². The van der Waals surface area contributed by atoms with Crippen LogP contribution in [0.5, 0.6) is 0 Å². The number of Topliss-reactive ketones (excluding diaryl/α,β-unsaturated/α-hetero) is 1. The molecule has 0 spiro atoms. The van der Waals surface area contributed by atoms with E-state index in [1.807, 2.05) is 19.1 Å². The van der Waals surface area contributed by atoms with Gasteiger partial charge in [-0.25, -0.2) is 13.4 Å². The Hall–Kier alpha value is -1.61. The van der Waals surface area contributed by atoms with E-state index in [1.54, 1.807) is 30.3 Å². The van der Waals surface area contributed by atoms with Crippen molar-refractivity contribution < 1.29 is 13.2 Å². The van der Waals surface area contributed by atoms with Crippen LogP contribution in [-0.4, -0.2) is 30.7 Å². The van der Waals surface area contributed by atoms with Crippen molar-refractivity contribution in [3.8, 4) is 0 Å². The van der Waals surface area contributed by atoms with Crippen LogP contribution in [0, 0.1) is 0 Å². The third-order valence-corrected chi connectivity index (χ3v) is 6.52. The van der Waals surface area contributed by atoms with Crippen molar-refractivity contribution in [2.75, 3.05) is 11.0 Å². The molecule has 1 heterocycles. The number of hydrogen-bond acceptors (Lipinski definition) is 6. The molecular formula is C17H15ClN2O3S3. The third kappa shape index (κ3) is 4.76.